The standard InChI is InChI=1S/C19H22N2O3/c1-23-17-6-5-16-9-15(13-24-18(16)10-17)12-21-19(22)7-4-14-3-2-8-20-11-14/h2-3,5-6,8,10-11,15H,4,7,9,12-13H2,1H3,(H,21,22). The first-order chi connectivity index (χ1) is 11.7. The summed E-state index contributed by atoms with van der Waals surface area (Å²) in [5.41, 5.74) is 2.24. The number of methoxy groups -OCH3 is 1. The molecule has 1 aliphatic heterocycles. The zero-order valence-corrected chi connectivity index (χ0v) is 13.8. The highest BCUT2D eigenvalue weighted by atomic mass is 16.5. The molecular weight excluding hydrogens is 304 g/mol. The second-order valence-electron chi connectivity index (χ2n) is 6.02. The molecule has 0 saturated heterocycles. The minimum absolute atomic E-state index is 0.0689. The van der Waals surface area contributed by atoms with Gasteiger partial charge in [-0.3, -0.25) is 9.78 Å². The summed E-state index contributed by atoms with van der Waals surface area (Å²) in [5, 5.41) is 3.01. The van der Waals surface area contributed by atoms with Crippen molar-refractivity contribution in [3.8, 4) is 11.5 Å². The summed E-state index contributed by atoms with van der Waals surface area (Å²) < 4.78 is 11.0. The Balaban J connectivity index is 1.44. The molecule has 0 saturated carbocycles. The molecule has 1 atom stereocenters. The molecule has 126 valence electrons. The molecular formula is C19H22N2O3. The van der Waals surface area contributed by atoms with E-state index in [0.29, 0.717) is 31.9 Å². The average molecular weight is 326 g/mol. The van der Waals surface area contributed by atoms with Gasteiger partial charge in [0, 0.05) is 37.3 Å². The van der Waals surface area contributed by atoms with Crippen LogP contribution in [0.25, 0.3) is 0 Å². The molecule has 0 bridgehead atoms. The second kappa shape index (κ2) is 7.81. The molecule has 0 radical (unpaired) electrons. The maximum atomic E-state index is 12.0. The van der Waals surface area contributed by atoms with Crippen LogP contribution in [0.2, 0.25) is 0 Å². The van der Waals surface area contributed by atoms with Gasteiger partial charge in [0.1, 0.15) is 11.5 Å². The van der Waals surface area contributed by atoms with E-state index in [-0.39, 0.29) is 5.91 Å². The molecule has 3 rings (SSSR count). The average Bonchev–Trinajstić information content (AvgIpc) is 2.65. The molecule has 1 amide bonds. The van der Waals surface area contributed by atoms with Gasteiger partial charge in [-0.25, -0.2) is 0 Å². The Morgan fingerprint density at radius 2 is 2.33 bits per heavy atom. The first-order valence-electron chi connectivity index (χ1n) is 8.20. The van der Waals surface area contributed by atoms with Crippen LogP contribution in [-0.2, 0) is 17.6 Å². The number of ether oxygens (including phenoxy) is 2. The Bertz CT molecular complexity index is 688. The van der Waals surface area contributed by atoms with Crippen molar-refractivity contribution in [2.75, 3.05) is 20.3 Å². The highest BCUT2D eigenvalue weighted by Crippen LogP contribution is 2.30. The van der Waals surface area contributed by atoms with E-state index in [0.717, 1.165) is 29.0 Å². The third-order valence-electron chi connectivity index (χ3n) is 4.21. The van der Waals surface area contributed by atoms with Crippen molar-refractivity contribution < 1.29 is 14.3 Å². The Labute approximate surface area is 142 Å². The summed E-state index contributed by atoms with van der Waals surface area (Å²) in [5.74, 6) is 2.05. The zero-order valence-electron chi connectivity index (χ0n) is 13.8. The van der Waals surface area contributed by atoms with E-state index < -0.39 is 0 Å². The number of rotatable bonds is 6. The van der Waals surface area contributed by atoms with Gasteiger partial charge in [0.2, 0.25) is 5.91 Å². The van der Waals surface area contributed by atoms with Gasteiger partial charge >= 0.3 is 0 Å². The predicted molar refractivity (Wildman–Crippen MR) is 91.3 cm³/mol. The first kappa shape index (κ1) is 16.3. The van der Waals surface area contributed by atoms with Crippen molar-refractivity contribution in [2.45, 2.75) is 19.3 Å². The van der Waals surface area contributed by atoms with Gasteiger partial charge in [0.15, 0.2) is 0 Å². The zero-order chi connectivity index (χ0) is 16.8. The number of nitrogens with zero attached hydrogens (tertiary/aromatic N) is 1. The molecule has 0 aliphatic carbocycles. The molecule has 5 heteroatoms. The first-order valence-corrected chi connectivity index (χ1v) is 8.20. The van der Waals surface area contributed by atoms with Crippen molar-refractivity contribution in [2.24, 2.45) is 5.92 Å². The number of carbonyl (C=O) groups is 1. The van der Waals surface area contributed by atoms with Crippen molar-refractivity contribution in [3.05, 3.63) is 53.9 Å². The number of pyridine rings is 1. The van der Waals surface area contributed by atoms with E-state index in [1.807, 2.05) is 30.3 Å². The van der Waals surface area contributed by atoms with Crippen LogP contribution in [0.5, 0.6) is 11.5 Å². The summed E-state index contributed by atoms with van der Waals surface area (Å²) in [4.78, 5) is 16.1. The maximum absolute atomic E-state index is 12.0. The number of hydrogen-bond donors (Lipinski definition) is 1. The SMILES string of the molecule is COc1ccc2c(c1)OCC(CNC(=O)CCc1cccnc1)C2. The molecule has 2 aromatic rings. The van der Waals surface area contributed by atoms with Crippen LogP contribution in [0.1, 0.15) is 17.5 Å². The van der Waals surface area contributed by atoms with E-state index in [1.165, 1.54) is 0 Å². The van der Waals surface area contributed by atoms with Crippen molar-refractivity contribution in [1.82, 2.24) is 10.3 Å². The molecule has 1 aliphatic rings. The minimum atomic E-state index is 0.0689. The van der Waals surface area contributed by atoms with Crippen LogP contribution >= 0.6 is 0 Å². The second-order valence-corrected chi connectivity index (χ2v) is 6.02. The monoisotopic (exact) mass is 326 g/mol. The lowest BCUT2D eigenvalue weighted by Crippen LogP contribution is -2.34. The minimum Gasteiger partial charge on any atom is -0.497 e. The summed E-state index contributed by atoms with van der Waals surface area (Å²) in [6, 6.07) is 9.76. The topological polar surface area (TPSA) is 60.5 Å². The van der Waals surface area contributed by atoms with E-state index in [1.54, 1.807) is 19.5 Å². The van der Waals surface area contributed by atoms with E-state index in [9.17, 15) is 4.79 Å². The van der Waals surface area contributed by atoms with Crippen molar-refractivity contribution in [3.63, 3.8) is 0 Å². The maximum Gasteiger partial charge on any atom is 0.220 e. The number of benzene rings is 1. The quantitative estimate of drug-likeness (QED) is 0.885. The van der Waals surface area contributed by atoms with Gasteiger partial charge in [-0.15, -0.1) is 0 Å². The van der Waals surface area contributed by atoms with Crippen molar-refractivity contribution in [1.29, 1.82) is 0 Å². The fraction of sp³-hybridized carbons (Fsp3) is 0.368. The number of aryl methyl sites for hydroxylation is 1. The predicted octanol–water partition coefficient (Wildman–Crippen LogP) is 2.39. The van der Waals surface area contributed by atoms with Crippen LogP contribution in [0.15, 0.2) is 42.7 Å². The lowest BCUT2D eigenvalue weighted by molar-refractivity contribution is -0.121. The van der Waals surface area contributed by atoms with Gasteiger partial charge in [0.05, 0.1) is 13.7 Å². The summed E-state index contributed by atoms with van der Waals surface area (Å²) in [6.45, 7) is 1.25. The fourth-order valence-electron chi connectivity index (χ4n) is 2.82. The normalized spacial score (nSPS) is 16.0. The highest BCUT2D eigenvalue weighted by molar-refractivity contribution is 5.76. The number of aromatic nitrogens is 1. The molecule has 0 spiro atoms. The molecule has 1 aromatic carbocycles. The highest BCUT2D eigenvalue weighted by Gasteiger charge is 2.20. The van der Waals surface area contributed by atoms with Gasteiger partial charge in [-0.1, -0.05) is 12.1 Å². The third kappa shape index (κ3) is 4.25. The Morgan fingerprint density at radius 3 is 3.12 bits per heavy atom. The van der Waals surface area contributed by atoms with Gasteiger partial charge in [-0.2, -0.15) is 0 Å². The van der Waals surface area contributed by atoms with Crippen LogP contribution in [0, 0.1) is 5.92 Å². The van der Waals surface area contributed by atoms with Crippen LogP contribution in [-0.4, -0.2) is 31.2 Å². The van der Waals surface area contributed by atoms with Gasteiger partial charge in [0.25, 0.3) is 0 Å². The largest absolute Gasteiger partial charge is 0.497 e. The molecule has 2 heterocycles. The van der Waals surface area contributed by atoms with Crippen LogP contribution in [0.4, 0.5) is 0 Å². The fourth-order valence-corrected chi connectivity index (χ4v) is 2.82. The van der Waals surface area contributed by atoms with Gasteiger partial charge < -0.3 is 14.8 Å². The Morgan fingerprint density at radius 1 is 1.42 bits per heavy atom. The molecule has 5 nitrogen and oxygen atoms in total. The Hall–Kier alpha value is -2.56. The molecule has 1 unspecified atom stereocenters. The lowest BCUT2D eigenvalue weighted by atomic mass is 9.96. The third-order valence-corrected chi connectivity index (χ3v) is 4.21. The summed E-state index contributed by atoms with van der Waals surface area (Å²) >= 11 is 0. The number of carbonyl (C=O) groups excluding carboxylic acids is 1. The van der Waals surface area contributed by atoms with E-state index >= 15 is 0 Å². The Kier molecular flexibility index (Phi) is 5.31. The van der Waals surface area contributed by atoms with Crippen LogP contribution < -0.4 is 14.8 Å². The lowest BCUT2D eigenvalue weighted by Gasteiger charge is -2.25. The number of amides is 1. The van der Waals surface area contributed by atoms with Crippen LogP contribution in [0.3, 0.4) is 0 Å². The van der Waals surface area contributed by atoms with Crippen molar-refractivity contribution >= 4 is 5.91 Å². The molecule has 1 aromatic heterocycles. The summed E-state index contributed by atoms with van der Waals surface area (Å²) in [6.07, 6.45) is 5.63. The number of fused-ring (bicyclic) bond motifs is 1. The van der Waals surface area contributed by atoms with E-state index in [2.05, 4.69) is 10.3 Å². The molecule has 0 fully saturated rings. The number of hydrogen-bond acceptors (Lipinski definition) is 4. The molecule has 1 N–H and O–H groups in total. The van der Waals surface area contributed by atoms with E-state index in [4.69, 9.17) is 9.47 Å². The smallest absolute Gasteiger partial charge is 0.220 e. The molecule has 24 heavy (non-hydrogen) atoms. The number of nitrogens with one attached hydrogen (secondary N) is 1. The van der Waals surface area contributed by atoms with Gasteiger partial charge in [-0.05, 0) is 36.1 Å². The summed E-state index contributed by atoms with van der Waals surface area (Å²) in [7, 11) is 1.65.